The summed E-state index contributed by atoms with van der Waals surface area (Å²) in [7, 11) is -3.85. The molecule has 4 rings (SSSR count). The van der Waals surface area contributed by atoms with E-state index in [1.165, 1.54) is 12.1 Å². The van der Waals surface area contributed by atoms with Gasteiger partial charge in [-0.3, -0.25) is 14.9 Å². The summed E-state index contributed by atoms with van der Waals surface area (Å²) in [4.78, 5) is 14.7. The Labute approximate surface area is 210 Å². The van der Waals surface area contributed by atoms with Crippen molar-refractivity contribution in [2.75, 3.05) is 16.2 Å². The normalized spacial score (nSPS) is 12.9. The van der Waals surface area contributed by atoms with Gasteiger partial charge in [0.1, 0.15) is 11.7 Å². The van der Waals surface area contributed by atoms with Crippen molar-refractivity contribution in [3.63, 3.8) is 0 Å². The minimum absolute atomic E-state index is 0. The standard InChI is InChI=1S/C25H25FN4O3S.ClH/c26-20-8-11-22(12-9-20)34(32,33)29-21-10-13-23-19(16-21)2-1-15-30(23)24(31)14-5-17-3-6-18(7-4-17)25(27)28;/h3-4,6-13,16,29H,1-2,5,14-15H2,(H3,27,28);1H. The van der Waals surface area contributed by atoms with Crippen molar-refractivity contribution < 1.29 is 17.6 Å². The minimum atomic E-state index is -3.85. The van der Waals surface area contributed by atoms with Gasteiger partial charge in [-0.25, -0.2) is 12.8 Å². The number of nitrogens with one attached hydrogen (secondary N) is 2. The zero-order chi connectivity index (χ0) is 24.3. The molecule has 7 nitrogen and oxygen atoms in total. The molecule has 0 aromatic heterocycles. The monoisotopic (exact) mass is 516 g/mol. The smallest absolute Gasteiger partial charge is 0.261 e. The van der Waals surface area contributed by atoms with Gasteiger partial charge in [0.05, 0.1) is 4.90 Å². The number of benzene rings is 3. The highest BCUT2D eigenvalue weighted by Crippen LogP contribution is 2.31. The van der Waals surface area contributed by atoms with E-state index in [-0.39, 0.29) is 29.0 Å². The van der Waals surface area contributed by atoms with E-state index >= 15 is 0 Å². The summed E-state index contributed by atoms with van der Waals surface area (Å²) in [5.41, 5.74) is 9.18. The first-order valence-electron chi connectivity index (χ1n) is 10.9. The van der Waals surface area contributed by atoms with Gasteiger partial charge >= 0.3 is 0 Å². The number of nitrogens with zero attached hydrogens (tertiary/aromatic N) is 1. The Hall–Kier alpha value is -3.43. The first-order chi connectivity index (χ1) is 16.2. The number of nitrogens with two attached hydrogens (primary N) is 1. The van der Waals surface area contributed by atoms with Crippen LogP contribution in [-0.2, 0) is 27.7 Å². The van der Waals surface area contributed by atoms with Crippen LogP contribution >= 0.6 is 12.4 Å². The quantitative estimate of drug-likeness (QED) is 0.321. The highest BCUT2D eigenvalue weighted by atomic mass is 35.5. The summed E-state index contributed by atoms with van der Waals surface area (Å²) in [6.45, 7) is 0.607. The van der Waals surface area contributed by atoms with E-state index in [9.17, 15) is 17.6 Å². The van der Waals surface area contributed by atoms with Crippen LogP contribution < -0.4 is 15.4 Å². The summed E-state index contributed by atoms with van der Waals surface area (Å²) in [5.74, 6) is -0.506. The summed E-state index contributed by atoms with van der Waals surface area (Å²) < 4.78 is 40.9. The average molecular weight is 517 g/mol. The maximum Gasteiger partial charge on any atom is 0.261 e. The molecule has 0 aliphatic carbocycles. The number of halogens is 2. The lowest BCUT2D eigenvalue weighted by Crippen LogP contribution is -2.35. The molecular formula is C25H26ClFN4O3S. The van der Waals surface area contributed by atoms with Crippen molar-refractivity contribution in [2.45, 2.75) is 30.6 Å². The van der Waals surface area contributed by atoms with Crippen LogP contribution in [0.4, 0.5) is 15.8 Å². The fourth-order valence-corrected chi connectivity index (χ4v) is 5.03. The number of aryl methyl sites for hydroxylation is 2. The second-order valence-corrected chi connectivity index (χ2v) is 9.84. The van der Waals surface area contributed by atoms with Crippen LogP contribution in [0.3, 0.4) is 0 Å². The molecule has 0 saturated carbocycles. The molecule has 0 saturated heterocycles. The average Bonchev–Trinajstić information content (AvgIpc) is 2.82. The van der Waals surface area contributed by atoms with E-state index in [2.05, 4.69) is 4.72 Å². The first kappa shape index (κ1) is 26.2. The molecule has 1 aliphatic rings. The molecule has 4 N–H and O–H groups in total. The Balaban J connectivity index is 0.00000342. The van der Waals surface area contributed by atoms with Crippen LogP contribution in [0.1, 0.15) is 29.5 Å². The fraction of sp³-hybridized carbons (Fsp3) is 0.200. The van der Waals surface area contributed by atoms with Crippen molar-refractivity contribution in [3.8, 4) is 0 Å². The maximum absolute atomic E-state index is 13.1. The number of carbonyl (C=O) groups is 1. The van der Waals surface area contributed by atoms with Crippen LogP contribution in [0, 0.1) is 11.2 Å². The minimum Gasteiger partial charge on any atom is -0.384 e. The Bertz CT molecular complexity index is 1330. The van der Waals surface area contributed by atoms with Gasteiger partial charge in [0.2, 0.25) is 5.91 Å². The van der Waals surface area contributed by atoms with Crippen LogP contribution in [0.5, 0.6) is 0 Å². The van der Waals surface area contributed by atoms with Gasteiger partial charge in [0.25, 0.3) is 10.0 Å². The summed E-state index contributed by atoms with van der Waals surface area (Å²) >= 11 is 0. The van der Waals surface area contributed by atoms with E-state index in [1.54, 1.807) is 35.2 Å². The number of hydrogen-bond donors (Lipinski definition) is 3. The van der Waals surface area contributed by atoms with Gasteiger partial charge in [-0.15, -0.1) is 12.4 Å². The van der Waals surface area contributed by atoms with E-state index in [0.717, 1.165) is 41.8 Å². The summed E-state index contributed by atoms with van der Waals surface area (Å²) in [6, 6.07) is 17.0. The molecule has 10 heteroatoms. The molecule has 0 bridgehead atoms. The van der Waals surface area contributed by atoms with E-state index < -0.39 is 15.8 Å². The van der Waals surface area contributed by atoms with E-state index in [0.29, 0.717) is 30.6 Å². The van der Waals surface area contributed by atoms with Crippen molar-refractivity contribution >= 4 is 45.5 Å². The SMILES string of the molecule is Cl.N=C(N)c1ccc(CCC(=O)N2CCCc3cc(NS(=O)(=O)c4ccc(F)cc4)ccc32)cc1. The number of amides is 1. The second kappa shape index (κ2) is 10.9. The number of amidine groups is 1. The molecule has 0 atom stereocenters. The Morgan fingerprint density at radius 1 is 1.06 bits per heavy atom. The highest BCUT2D eigenvalue weighted by Gasteiger charge is 2.23. The van der Waals surface area contributed by atoms with Gasteiger partial charge in [0.15, 0.2) is 0 Å². The Kier molecular flexibility index (Phi) is 8.14. The molecule has 3 aromatic carbocycles. The Morgan fingerprint density at radius 2 is 1.74 bits per heavy atom. The van der Waals surface area contributed by atoms with Crippen LogP contribution in [0.15, 0.2) is 71.6 Å². The molecule has 35 heavy (non-hydrogen) atoms. The summed E-state index contributed by atoms with van der Waals surface area (Å²) in [6.07, 6.45) is 2.41. The topological polar surface area (TPSA) is 116 Å². The second-order valence-electron chi connectivity index (χ2n) is 8.16. The number of rotatable bonds is 7. The predicted octanol–water partition coefficient (Wildman–Crippen LogP) is 4.24. The predicted molar refractivity (Wildman–Crippen MR) is 137 cm³/mol. The molecule has 0 unspecified atom stereocenters. The third-order valence-corrected chi connectivity index (χ3v) is 7.17. The summed E-state index contributed by atoms with van der Waals surface area (Å²) in [5, 5.41) is 7.46. The van der Waals surface area contributed by atoms with E-state index in [4.69, 9.17) is 11.1 Å². The number of anilines is 2. The number of carbonyl (C=O) groups excluding carboxylic acids is 1. The molecule has 0 spiro atoms. The molecule has 0 fully saturated rings. The number of nitrogen functional groups attached to an aromatic ring is 1. The number of sulfonamides is 1. The van der Waals surface area contributed by atoms with Gasteiger partial charge in [-0.1, -0.05) is 24.3 Å². The number of fused-ring (bicyclic) bond motifs is 1. The molecule has 184 valence electrons. The van der Waals surface area contributed by atoms with Crippen molar-refractivity contribution in [3.05, 3.63) is 89.2 Å². The van der Waals surface area contributed by atoms with Crippen LogP contribution in [0.2, 0.25) is 0 Å². The highest BCUT2D eigenvalue weighted by molar-refractivity contribution is 7.92. The lowest BCUT2D eigenvalue weighted by molar-refractivity contribution is -0.118. The van der Waals surface area contributed by atoms with Crippen molar-refractivity contribution in [1.29, 1.82) is 5.41 Å². The molecule has 1 aliphatic heterocycles. The molecule has 1 amide bonds. The van der Waals surface area contributed by atoms with Crippen molar-refractivity contribution in [2.24, 2.45) is 5.73 Å². The number of hydrogen-bond acceptors (Lipinski definition) is 4. The Morgan fingerprint density at radius 3 is 2.40 bits per heavy atom. The van der Waals surface area contributed by atoms with Gasteiger partial charge in [-0.2, -0.15) is 0 Å². The lowest BCUT2D eigenvalue weighted by Gasteiger charge is -2.30. The zero-order valence-corrected chi connectivity index (χ0v) is 20.5. The van der Waals surface area contributed by atoms with Crippen LogP contribution in [-0.4, -0.2) is 26.7 Å². The fourth-order valence-electron chi connectivity index (χ4n) is 3.98. The molecule has 1 heterocycles. The molecular weight excluding hydrogens is 491 g/mol. The van der Waals surface area contributed by atoms with E-state index in [1.807, 2.05) is 12.1 Å². The lowest BCUT2D eigenvalue weighted by atomic mass is 10.00. The van der Waals surface area contributed by atoms with Gasteiger partial charge < -0.3 is 10.6 Å². The molecule has 3 aromatic rings. The third-order valence-electron chi connectivity index (χ3n) is 5.77. The van der Waals surface area contributed by atoms with Gasteiger partial charge in [-0.05, 0) is 72.9 Å². The largest absolute Gasteiger partial charge is 0.384 e. The van der Waals surface area contributed by atoms with Gasteiger partial charge in [0, 0.05) is 29.9 Å². The third kappa shape index (κ3) is 6.17. The zero-order valence-electron chi connectivity index (χ0n) is 18.8. The van der Waals surface area contributed by atoms with Crippen molar-refractivity contribution in [1.82, 2.24) is 0 Å². The maximum atomic E-state index is 13.1. The van der Waals surface area contributed by atoms with Crippen LogP contribution in [0.25, 0.3) is 0 Å². The first-order valence-corrected chi connectivity index (χ1v) is 12.4. The molecule has 0 radical (unpaired) electrons.